The standard InChI is InChI=1S/C16H14N6O/c1-23-13-6-4-11(5-7-13)15-9-14(12-3-2-8-17-10-12)18-16-19-20-21-22(15)16/h2-10,15H,1H3,(H,18,19,21)/t15-/m1/s1. The van der Waals surface area contributed by atoms with Crippen LogP contribution < -0.4 is 10.1 Å². The fourth-order valence-electron chi connectivity index (χ4n) is 2.58. The highest BCUT2D eigenvalue weighted by molar-refractivity contribution is 5.76. The quantitative estimate of drug-likeness (QED) is 0.798. The van der Waals surface area contributed by atoms with Gasteiger partial charge in [0, 0.05) is 23.7 Å². The molecule has 3 heterocycles. The topological polar surface area (TPSA) is 77.8 Å². The van der Waals surface area contributed by atoms with E-state index in [1.165, 1.54) is 0 Å². The number of hydrogen-bond donors (Lipinski definition) is 1. The SMILES string of the molecule is COc1ccc([C@H]2C=C(c3cccnc3)Nc3nnnn32)cc1. The van der Waals surface area contributed by atoms with E-state index in [-0.39, 0.29) is 6.04 Å². The Labute approximate surface area is 132 Å². The summed E-state index contributed by atoms with van der Waals surface area (Å²) in [5.74, 6) is 1.42. The van der Waals surface area contributed by atoms with Gasteiger partial charge in [0.25, 0.3) is 0 Å². The lowest BCUT2D eigenvalue weighted by atomic mass is 10.0. The van der Waals surface area contributed by atoms with Crippen molar-refractivity contribution in [1.29, 1.82) is 0 Å². The number of fused-ring (bicyclic) bond motifs is 1. The number of tetrazole rings is 1. The van der Waals surface area contributed by atoms with Crippen molar-refractivity contribution in [3.8, 4) is 5.75 Å². The van der Waals surface area contributed by atoms with Crippen LogP contribution in [0, 0.1) is 0 Å². The van der Waals surface area contributed by atoms with Gasteiger partial charge in [-0.15, -0.1) is 0 Å². The zero-order chi connectivity index (χ0) is 15.6. The Morgan fingerprint density at radius 1 is 1.17 bits per heavy atom. The summed E-state index contributed by atoms with van der Waals surface area (Å²) >= 11 is 0. The van der Waals surface area contributed by atoms with Crippen LogP contribution in [0.25, 0.3) is 5.70 Å². The predicted molar refractivity (Wildman–Crippen MR) is 84.8 cm³/mol. The van der Waals surface area contributed by atoms with Crippen molar-refractivity contribution in [2.24, 2.45) is 0 Å². The van der Waals surface area contributed by atoms with Gasteiger partial charge in [-0.1, -0.05) is 17.2 Å². The first-order chi connectivity index (χ1) is 11.3. The van der Waals surface area contributed by atoms with Crippen molar-refractivity contribution in [2.75, 3.05) is 12.4 Å². The Balaban J connectivity index is 1.78. The van der Waals surface area contributed by atoms with Gasteiger partial charge >= 0.3 is 0 Å². The summed E-state index contributed by atoms with van der Waals surface area (Å²) in [5, 5.41) is 15.1. The molecule has 1 aromatic carbocycles. The number of ether oxygens (including phenoxy) is 1. The number of anilines is 1. The van der Waals surface area contributed by atoms with Gasteiger partial charge in [0.2, 0.25) is 5.95 Å². The van der Waals surface area contributed by atoms with Crippen LogP contribution in [-0.2, 0) is 0 Å². The Kier molecular flexibility index (Phi) is 3.23. The number of nitrogens with zero attached hydrogens (tertiary/aromatic N) is 5. The van der Waals surface area contributed by atoms with E-state index in [1.807, 2.05) is 42.6 Å². The third kappa shape index (κ3) is 2.42. The van der Waals surface area contributed by atoms with Crippen LogP contribution in [0.15, 0.2) is 54.9 Å². The van der Waals surface area contributed by atoms with Crippen LogP contribution in [0.4, 0.5) is 5.95 Å². The summed E-state index contributed by atoms with van der Waals surface area (Å²) in [4.78, 5) is 4.17. The smallest absolute Gasteiger partial charge is 0.248 e. The van der Waals surface area contributed by atoms with Crippen LogP contribution in [0.2, 0.25) is 0 Å². The highest BCUT2D eigenvalue weighted by atomic mass is 16.5. The normalized spacial score (nSPS) is 16.2. The van der Waals surface area contributed by atoms with E-state index in [9.17, 15) is 0 Å². The molecule has 1 aliphatic heterocycles. The van der Waals surface area contributed by atoms with Gasteiger partial charge in [0.15, 0.2) is 0 Å². The van der Waals surface area contributed by atoms with Crippen LogP contribution in [0.5, 0.6) is 5.75 Å². The molecule has 1 atom stereocenters. The van der Waals surface area contributed by atoms with E-state index in [1.54, 1.807) is 18.0 Å². The van der Waals surface area contributed by atoms with Gasteiger partial charge in [0.1, 0.15) is 11.8 Å². The third-order valence-corrected chi connectivity index (χ3v) is 3.76. The van der Waals surface area contributed by atoms with Crippen LogP contribution in [0.1, 0.15) is 17.2 Å². The molecule has 114 valence electrons. The second-order valence-corrected chi connectivity index (χ2v) is 5.11. The predicted octanol–water partition coefficient (Wildman–Crippen LogP) is 2.13. The summed E-state index contributed by atoms with van der Waals surface area (Å²) in [5.41, 5.74) is 2.99. The minimum atomic E-state index is -0.0950. The molecule has 23 heavy (non-hydrogen) atoms. The Morgan fingerprint density at radius 3 is 2.78 bits per heavy atom. The lowest BCUT2D eigenvalue weighted by Gasteiger charge is -2.23. The van der Waals surface area contributed by atoms with Crippen LogP contribution >= 0.6 is 0 Å². The van der Waals surface area contributed by atoms with Crippen molar-refractivity contribution < 1.29 is 4.74 Å². The Hall–Kier alpha value is -3.22. The van der Waals surface area contributed by atoms with Crippen molar-refractivity contribution in [3.63, 3.8) is 0 Å². The number of methoxy groups -OCH3 is 1. The Bertz CT molecular complexity index is 841. The van der Waals surface area contributed by atoms with E-state index in [4.69, 9.17) is 4.74 Å². The van der Waals surface area contributed by atoms with Gasteiger partial charge in [-0.25, -0.2) is 0 Å². The van der Waals surface area contributed by atoms with Crippen molar-refractivity contribution in [2.45, 2.75) is 6.04 Å². The molecule has 2 aromatic heterocycles. The number of allylic oxidation sites excluding steroid dienone is 1. The number of aromatic nitrogens is 5. The first-order valence-electron chi connectivity index (χ1n) is 7.16. The molecule has 0 saturated carbocycles. The van der Waals surface area contributed by atoms with Gasteiger partial charge in [-0.2, -0.15) is 4.68 Å². The summed E-state index contributed by atoms with van der Waals surface area (Å²) in [6, 6.07) is 11.7. The van der Waals surface area contributed by atoms with Crippen molar-refractivity contribution in [3.05, 3.63) is 66.0 Å². The van der Waals surface area contributed by atoms with Gasteiger partial charge < -0.3 is 10.1 Å². The van der Waals surface area contributed by atoms with E-state index >= 15 is 0 Å². The van der Waals surface area contributed by atoms with E-state index in [2.05, 4.69) is 31.9 Å². The van der Waals surface area contributed by atoms with Crippen molar-refractivity contribution in [1.82, 2.24) is 25.2 Å². The summed E-state index contributed by atoms with van der Waals surface area (Å²) in [7, 11) is 1.65. The average molecular weight is 306 g/mol. The van der Waals surface area contributed by atoms with E-state index < -0.39 is 0 Å². The number of rotatable bonds is 3. The minimum Gasteiger partial charge on any atom is -0.497 e. The largest absolute Gasteiger partial charge is 0.497 e. The Morgan fingerprint density at radius 2 is 2.04 bits per heavy atom. The first-order valence-corrected chi connectivity index (χ1v) is 7.16. The van der Waals surface area contributed by atoms with Crippen LogP contribution in [0.3, 0.4) is 0 Å². The van der Waals surface area contributed by atoms with Crippen molar-refractivity contribution >= 4 is 11.6 Å². The molecule has 4 rings (SSSR count). The first kappa shape index (κ1) is 13.4. The molecule has 0 radical (unpaired) electrons. The number of benzene rings is 1. The molecule has 1 N–H and O–H groups in total. The van der Waals surface area contributed by atoms with Gasteiger partial charge in [-0.3, -0.25) is 4.98 Å². The molecule has 7 nitrogen and oxygen atoms in total. The molecular formula is C16H14N6O. The zero-order valence-electron chi connectivity index (χ0n) is 12.4. The molecule has 7 heteroatoms. The minimum absolute atomic E-state index is 0.0950. The summed E-state index contributed by atoms with van der Waals surface area (Å²) < 4.78 is 6.97. The highest BCUT2D eigenvalue weighted by Crippen LogP contribution is 2.31. The highest BCUT2D eigenvalue weighted by Gasteiger charge is 2.24. The summed E-state index contributed by atoms with van der Waals surface area (Å²) in [6.45, 7) is 0. The van der Waals surface area contributed by atoms with Crippen LogP contribution in [-0.4, -0.2) is 32.3 Å². The zero-order valence-corrected chi connectivity index (χ0v) is 12.4. The lowest BCUT2D eigenvalue weighted by molar-refractivity contribution is 0.414. The van der Waals surface area contributed by atoms with Gasteiger partial charge in [0.05, 0.1) is 7.11 Å². The monoisotopic (exact) mass is 306 g/mol. The lowest BCUT2D eigenvalue weighted by Crippen LogP contribution is -2.20. The molecule has 0 amide bonds. The molecule has 1 aliphatic rings. The summed E-state index contributed by atoms with van der Waals surface area (Å²) in [6.07, 6.45) is 5.64. The van der Waals surface area contributed by atoms with E-state index in [0.29, 0.717) is 5.95 Å². The second kappa shape index (κ2) is 5.53. The molecule has 0 spiro atoms. The molecule has 0 bridgehead atoms. The molecule has 0 fully saturated rings. The molecule has 0 aliphatic carbocycles. The number of hydrogen-bond acceptors (Lipinski definition) is 6. The number of pyridine rings is 1. The third-order valence-electron chi connectivity index (χ3n) is 3.76. The van der Waals surface area contributed by atoms with Gasteiger partial charge in [-0.05, 0) is 46.3 Å². The fraction of sp³-hybridized carbons (Fsp3) is 0.125. The average Bonchev–Trinajstić information content (AvgIpc) is 3.10. The molecule has 0 unspecified atom stereocenters. The maximum atomic E-state index is 5.22. The maximum absolute atomic E-state index is 5.22. The number of nitrogens with one attached hydrogen (secondary N) is 1. The molecule has 3 aromatic rings. The molecule has 0 saturated heterocycles. The second-order valence-electron chi connectivity index (χ2n) is 5.11. The fourth-order valence-corrected chi connectivity index (χ4v) is 2.58. The van der Waals surface area contributed by atoms with E-state index in [0.717, 1.165) is 22.6 Å². The molecular weight excluding hydrogens is 292 g/mol. The maximum Gasteiger partial charge on any atom is 0.248 e.